The highest BCUT2D eigenvalue weighted by Crippen LogP contribution is 2.26. The molecule has 0 saturated heterocycles. The van der Waals surface area contributed by atoms with Gasteiger partial charge in [0, 0.05) is 17.3 Å². The molecule has 114 valence electrons. The van der Waals surface area contributed by atoms with Crippen LogP contribution < -0.4 is 5.32 Å². The Morgan fingerprint density at radius 2 is 1.95 bits per heavy atom. The Hall–Kier alpha value is -0.580. The summed E-state index contributed by atoms with van der Waals surface area (Å²) in [4.78, 5) is 0. The van der Waals surface area contributed by atoms with Gasteiger partial charge < -0.3 is 5.32 Å². The Labute approximate surface area is 127 Å². The molecule has 0 aliphatic rings. The first kappa shape index (κ1) is 17.5. The number of benzene rings is 1. The summed E-state index contributed by atoms with van der Waals surface area (Å²) in [6.07, 6.45) is 1.88. The minimum absolute atomic E-state index is 0.178. The van der Waals surface area contributed by atoms with Crippen molar-refractivity contribution in [2.45, 2.75) is 44.9 Å². The normalized spacial score (nSPS) is 14.3. The second-order valence-corrected chi connectivity index (χ2v) is 8.79. The van der Waals surface area contributed by atoms with Crippen molar-refractivity contribution in [2.24, 2.45) is 0 Å². The molecule has 0 bridgehead atoms. The van der Waals surface area contributed by atoms with Gasteiger partial charge in [-0.25, -0.2) is 8.42 Å². The average molecular weight is 318 g/mol. The summed E-state index contributed by atoms with van der Waals surface area (Å²) in [5.74, 6) is 0. The number of hydrogen-bond acceptors (Lipinski definition) is 3. The molecule has 1 aromatic rings. The molecule has 0 heterocycles. The highest BCUT2D eigenvalue weighted by Gasteiger charge is 2.38. The topological polar surface area (TPSA) is 46.2 Å². The summed E-state index contributed by atoms with van der Waals surface area (Å²) in [6.45, 7) is 8.20. The molecular formula is C15H24ClNO2S. The van der Waals surface area contributed by atoms with E-state index in [9.17, 15) is 8.42 Å². The molecule has 0 saturated carbocycles. The summed E-state index contributed by atoms with van der Waals surface area (Å²) < 4.78 is 23.2. The molecule has 0 radical (unpaired) electrons. The maximum Gasteiger partial charge on any atom is 0.154 e. The lowest BCUT2D eigenvalue weighted by molar-refractivity contribution is 0.413. The van der Waals surface area contributed by atoms with E-state index in [0.717, 1.165) is 11.1 Å². The number of halogens is 1. The number of nitrogens with one attached hydrogen (secondary N) is 1. The van der Waals surface area contributed by atoms with Gasteiger partial charge in [0.25, 0.3) is 0 Å². The van der Waals surface area contributed by atoms with Crippen LogP contribution in [0, 0.1) is 6.92 Å². The number of rotatable bonds is 6. The molecule has 3 nitrogen and oxygen atoms in total. The van der Waals surface area contributed by atoms with Crippen molar-refractivity contribution in [2.75, 3.05) is 12.8 Å². The van der Waals surface area contributed by atoms with E-state index in [0.29, 0.717) is 18.0 Å². The van der Waals surface area contributed by atoms with Gasteiger partial charge in [-0.3, -0.25) is 0 Å². The van der Waals surface area contributed by atoms with E-state index in [1.807, 2.05) is 32.0 Å². The van der Waals surface area contributed by atoms with E-state index in [2.05, 4.69) is 5.32 Å². The Morgan fingerprint density at radius 1 is 1.35 bits per heavy atom. The minimum Gasteiger partial charge on any atom is -0.312 e. The van der Waals surface area contributed by atoms with Crippen LogP contribution in [0.2, 0.25) is 5.02 Å². The Bertz CT molecular complexity index is 567. The first-order chi connectivity index (χ1) is 9.09. The van der Waals surface area contributed by atoms with Gasteiger partial charge in [-0.05, 0) is 50.9 Å². The van der Waals surface area contributed by atoms with Crippen molar-refractivity contribution in [3.63, 3.8) is 0 Å². The maximum atomic E-state index is 12.0. The zero-order valence-corrected chi connectivity index (χ0v) is 14.4. The van der Waals surface area contributed by atoms with E-state index in [-0.39, 0.29) is 6.04 Å². The third-order valence-electron chi connectivity index (χ3n) is 3.88. The van der Waals surface area contributed by atoms with Crippen LogP contribution in [0.4, 0.5) is 0 Å². The molecule has 20 heavy (non-hydrogen) atoms. The van der Waals surface area contributed by atoms with Crippen LogP contribution in [-0.4, -0.2) is 32.0 Å². The zero-order valence-electron chi connectivity index (χ0n) is 12.8. The van der Waals surface area contributed by atoms with E-state index < -0.39 is 14.6 Å². The lowest BCUT2D eigenvalue weighted by atomic mass is 9.95. The predicted molar refractivity (Wildman–Crippen MR) is 86.3 cm³/mol. The zero-order chi connectivity index (χ0) is 15.6. The van der Waals surface area contributed by atoms with Crippen molar-refractivity contribution in [1.82, 2.24) is 5.32 Å². The third kappa shape index (κ3) is 3.96. The molecule has 0 fully saturated rings. The summed E-state index contributed by atoms with van der Waals surface area (Å²) >= 11 is 6.26. The van der Waals surface area contributed by atoms with Crippen molar-refractivity contribution in [3.05, 3.63) is 34.3 Å². The molecule has 1 unspecified atom stereocenters. The maximum absolute atomic E-state index is 12.0. The lowest BCUT2D eigenvalue weighted by Gasteiger charge is -2.33. The largest absolute Gasteiger partial charge is 0.312 e. The Morgan fingerprint density at radius 3 is 2.40 bits per heavy atom. The van der Waals surface area contributed by atoms with E-state index in [1.165, 1.54) is 6.26 Å². The molecule has 0 aromatic heterocycles. The van der Waals surface area contributed by atoms with Gasteiger partial charge >= 0.3 is 0 Å². The van der Waals surface area contributed by atoms with Gasteiger partial charge in [0.1, 0.15) is 0 Å². The van der Waals surface area contributed by atoms with E-state index in [1.54, 1.807) is 13.8 Å². The van der Waals surface area contributed by atoms with E-state index in [4.69, 9.17) is 11.6 Å². The molecule has 1 N–H and O–H groups in total. The van der Waals surface area contributed by atoms with Gasteiger partial charge in [0.2, 0.25) is 0 Å². The number of likely N-dealkylation sites (N-methyl/N-ethyl adjacent to an activating group) is 1. The molecule has 0 aliphatic carbocycles. The fourth-order valence-electron chi connectivity index (χ4n) is 2.11. The Balaban J connectivity index is 3.10. The Kier molecular flexibility index (Phi) is 5.64. The van der Waals surface area contributed by atoms with Crippen LogP contribution in [0.3, 0.4) is 0 Å². The van der Waals surface area contributed by atoms with Crippen LogP contribution in [0.15, 0.2) is 18.2 Å². The fourth-order valence-corrected chi connectivity index (χ4v) is 3.10. The van der Waals surface area contributed by atoms with Gasteiger partial charge in [-0.15, -0.1) is 0 Å². The number of hydrogen-bond donors (Lipinski definition) is 1. The molecule has 0 spiro atoms. The van der Waals surface area contributed by atoms with Crippen LogP contribution >= 0.6 is 11.6 Å². The summed E-state index contributed by atoms with van der Waals surface area (Å²) in [5, 5.41) is 3.97. The van der Waals surface area contributed by atoms with Gasteiger partial charge in [0.15, 0.2) is 9.84 Å². The first-order valence-corrected chi connectivity index (χ1v) is 9.04. The minimum atomic E-state index is -3.17. The average Bonchev–Trinajstić information content (AvgIpc) is 2.30. The highest BCUT2D eigenvalue weighted by atomic mass is 35.5. The molecule has 5 heteroatoms. The molecule has 1 rings (SSSR count). The summed E-state index contributed by atoms with van der Waals surface area (Å²) in [5.41, 5.74) is 2.07. The van der Waals surface area contributed by atoms with E-state index >= 15 is 0 Å². The smallest absolute Gasteiger partial charge is 0.154 e. The molecular weight excluding hydrogens is 294 g/mol. The molecule has 1 aromatic carbocycles. The second-order valence-electron chi connectivity index (χ2n) is 5.78. The van der Waals surface area contributed by atoms with Crippen molar-refractivity contribution in [1.29, 1.82) is 0 Å². The molecule has 0 amide bonds. The van der Waals surface area contributed by atoms with Crippen LogP contribution in [0.1, 0.15) is 31.9 Å². The van der Waals surface area contributed by atoms with Crippen molar-refractivity contribution < 1.29 is 8.42 Å². The van der Waals surface area contributed by atoms with Gasteiger partial charge in [-0.2, -0.15) is 0 Å². The summed E-state index contributed by atoms with van der Waals surface area (Å²) in [6, 6.07) is 5.70. The number of sulfone groups is 1. The molecule has 0 aliphatic heterocycles. The fraction of sp³-hybridized carbons (Fsp3) is 0.600. The van der Waals surface area contributed by atoms with Crippen molar-refractivity contribution in [3.8, 4) is 0 Å². The SMILES string of the molecule is CCNC(Cc1ccc(C)cc1Cl)C(C)(C)S(C)(=O)=O. The van der Waals surface area contributed by atoms with Crippen LogP contribution in [-0.2, 0) is 16.3 Å². The summed E-state index contributed by atoms with van der Waals surface area (Å²) in [7, 11) is -3.17. The standard InChI is InChI=1S/C15H24ClNO2S/c1-6-17-14(15(3,4)20(5,18)19)10-12-8-7-11(2)9-13(12)16/h7-9,14,17H,6,10H2,1-5H3. The third-order valence-corrected chi connectivity index (χ3v) is 6.43. The molecule has 1 atom stereocenters. The second kappa shape index (κ2) is 6.46. The van der Waals surface area contributed by atoms with Crippen LogP contribution in [0.25, 0.3) is 0 Å². The van der Waals surface area contributed by atoms with Crippen LogP contribution in [0.5, 0.6) is 0 Å². The van der Waals surface area contributed by atoms with Crippen molar-refractivity contribution >= 4 is 21.4 Å². The predicted octanol–water partition coefficient (Wildman–Crippen LogP) is 2.99. The first-order valence-electron chi connectivity index (χ1n) is 6.77. The highest BCUT2D eigenvalue weighted by molar-refractivity contribution is 7.92. The van der Waals surface area contributed by atoms with Gasteiger partial charge in [-0.1, -0.05) is 30.7 Å². The van der Waals surface area contributed by atoms with Gasteiger partial charge in [0.05, 0.1) is 4.75 Å². The lowest BCUT2D eigenvalue weighted by Crippen LogP contribution is -2.52. The quantitative estimate of drug-likeness (QED) is 0.877. The monoisotopic (exact) mass is 317 g/mol. The number of aryl methyl sites for hydroxylation is 1.